The molecule has 1 unspecified atom stereocenters. The molecule has 0 aliphatic heterocycles. The van der Waals surface area contributed by atoms with Crippen molar-refractivity contribution < 1.29 is 0 Å². The van der Waals surface area contributed by atoms with Gasteiger partial charge in [-0.3, -0.25) is 4.68 Å². The van der Waals surface area contributed by atoms with Crippen LogP contribution in [0.15, 0.2) is 12.4 Å². The minimum absolute atomic E-state index is 0.347. The molecule has 0 bridgehead atoms. The largest absolute Gasteiger partial charge is 0.309 e. The summed E-state index contributed by atoms with van der Waals surface area (Å²) in [5, 5.41) is 11.9. The zero-order valence-electron chi connectivity index (χ0n) is 11.8. The predicted molar refractivity (Wildman–Crippen MR) is 77.2 cm³/mol. The van der Waals surface area contributed by atoms with Crippen LogP contribution in [0.25, 0.3) is 0 Å². The summed E-state index contributed by atoms with van der Waals surface area (Å²) < 4.78 is 5.90. The molecule has 0 saturated heterocycles. The van der Waals surface area contributed by atoms with Crippen molar-refractivity contribution in [2.24, 2.45) is 7.05 Å². The molecule has 0 fully saturated rings. The molecular weight excluding hydrogens is 258 g/mol. The molecule has 2 heterocycles. The predicted octanol–water partition coefficient (Wildman–Crippen LogP) is 2.25. The maximum Gasteiger partial charge on any atom is 0.0772 e. The van der Waals surface area contributed by atoms with E-state index >= 15 is 0 Å². The van der Waals surface area contributed by atoms with Gasteiger partial charge in [-0.15, -0.1) is 5.10 Å². The molecule has 0 saturated carbocycles. The maximum atomic E-state index is 4.21. The van der Waals surface area contributed by atoms with Crippen LogP contribution >= 0.6 is 11.5 Å². The van der Waals surface area contributed by atoms with Crippen LogP contribution < -0.4 is 5.32 Å². The topological polar surface area (TPSA) is 55.6 Å². The van der Waals surface area contributed by atoms with Gasteiger partial charge in [0.2, 0.25) is 0 Å². The summed E-state index contributed by atoms with van der Waals surface area (Å²) in [4.78, 5) is 1.26. The molecule has 1 atom stereocenters. The highest BCUT2D eigenvalue weighted by Gasteiger charge is 2.16. The third kappa shape index (κ3) is 3.84. The average molecular weight is 279 g/mol. The lowest BCUT2D eigenvalue weighted by molar-refractivity contribution is 0.503. The van der Waals surface area contributed by atoms with E-state index in [0.717, 1.165) is 31.5 Å². The molecule has 2 rings (SSSR count). The van der Waals surface area contributed by atoms with Gasteiger partial charge >= 0.3 is 0 Å². The highest BCUT2D eigenvalue weighted by Crippen LogP contribution is 2.24. The van der Waals surface area contributed by atoms with Crippen LogP contribution in [0.5, 0.6) is 0 Å². The van der Waals surface area contributed by atoms with E-state index in [9.17, 15) is 0 Å². The second kappa shape index (κ2) is 6.77. The van der Waals surface area contributed by atoms with Gasteiger partial charge in [0, 0.05) is 19.3 Å². The molecule has 6 heteroatoms. The highest BCUT2D eigenvalue weighted by atomic mass is 32.1. The van der Waals surface area contributed by atoms with Gasteiger partial charge in [-0.05, 0) is 49.8 Å². The third-order valence-corrected chi connectivity index (χ3v) is 4.06. The summed E-state index contributed by atoms with van der Waals surface area (Å²) in [6.07, 6.45) is 7.22. The molecule has 19 heavy (non-hydrogen) atoms. The van der Waals surface area contributed by atoms with E-state index in [0.29, 0.717) is 6.04 Å². The van der Waals surface area contributed by atoms with Crippen molar-refractivity contribution in [3.05, 3.63) is 28.5 Å². The van der Waals surface area contributed by atoms with Crippen molar-refractivity contribution >= 4 is 11.5 Å². The Morgan fingerprint density at radius 2 is 2.32 bits per heavy atom. The molecule has 2 aromatic heterocycles. The zero-order valence-corrected chi connectivity index (χ0v) is 12.6. The quantitative estimate of drug-likeness (QED) is 0.844. The van der Waals surface area contributed by atoms with Gasteiger partial charge in [0.15, 0.2) is 0 Å². The van der Waals surface area contributed by atoms with Crippen LogP contribution in [-0.4, -0.2) is 25.9 Å². The fraction of sp³-hybridized carbons (Fsp3) is 0.615. The van der Waals surface area contributed by atoms with Gasteiger partial charge in [0.05, 0.1) is 16.8 Å². The minimum atomic E-state index is 0.347. The van der Waals surface area contributed by atoms with Crippen LogP contribution in [0.1, 0.15) is 41.9 Å². The Hall–Kier alpha value is -1.27. The van der Waals surface area contributed by atoms with E-state index in [4.69, 9.17) is 0 Å². The fourth-order valence-corrected chi connectivity index (χ4v) is 2.87. The molecule has 5 nitrogen and oxygen atoms in total. The van der Waals surface area contributed by atoms with Gasteiger partial charge in [-0.2, -0.15) is 5.10 Å². The number of aryl methyl sites for hydroxylation is 3. The zero-order chi connectivity index (χ0) is 13.7. The lowest BCUT2D eigenvalue weighted by Crippen LogP contribution is -2.22. The van der Waals surface area contributed by atoms with Crippen LogP contribution in [0.4, 0.5) is 0 Å². The lowest BCUT2D eigenvalue weighted by atomic mass is 10.1. The first-order chi connectivity index (χ1) is 9.20. The standard InChI is InChI=1S/C13H21N5S/c1-4-7-14-12(13-10(2)16-17-19-13)6-5-11-8-15-18(3)9-11/h8-9,12,14H,4-7H2,1-3H3. The monoisotopic (exact) mass is 279 g/mol. The Balaban J connectivity index is 2.00. The Labute approximate surface area is 118 Å². The Bertz CT molecular complexity index is 505. The highest BCUT2D eigenvalue weighted by molar-refractivity contribution is 7.05. The molecule has 0 aliphatic rings. The van der Waals surface area contributed by atoms with E-state index in [1.165, 1.54) is 22.0 Å². The van der Waals surface area contributed by atoms with E-state index in [1.54, 1.807) is 0 Å². The summed E-state index contributed by atoms with van der Waals surface area (Å²) in [6, 6.07) is 0.347. The maximum absolute atomic E-state index is 4.21. The van der Waals surface area contributed by atoms with E-state index < -0.39 is 0 Å². The van der Waals surface area contributed by atoms with Crippen LogP contribution in [0.3, 0.4) is 0 Å². The molecular formula is C13H21N5S. The Morgan fingerprint density at radius 3 is 2.89 bits per heavy atom. The smallest absolute Gasteiger partial charge is 0.0772 e. The Kier molecular flexibility index (Phi) is 5.04. The number of nitrogens with zero attached hydrogens (tertiary/aromatic N) is 4. The third-order valence-electron chi connectivity index (χ3n) is 3.12. The van der Waals surface area contributed by atoms with Gasteiger partial charge < -0.3 is 5.32 Å². The fourth-order valence-electron chi connectivity index (χ4n) is 2.11. The molecule has 2 aromatic rings. The summed E-state index contributed by atoms with van der Waals surface area (Å²) in [5.41, 5.74) is 2.32. The number of hydrogen-bond donors (Lipinski definition) is 1. The minimum Gasteiger partial charge on any atom is -0.309 e. The normalized spacial score (nSPS) is 12.8. The van der Waals surface area contributed by atoms with Crippen LogP contribution in [0.2, 0.25) is 0 Å². The van der Waals surface area contributed by atoms with Gasteiger partial charge in [0.1, 0.15) is 0 Å². The summed E-state index contributed by atoms with van der Waals surface area (Å²) >= 11 is 1.50. The number of hydrogen-bond acceptors (Lipinski definition) is 5. The summed E-state index contributed by atoms with van der Waals surface area (Å²) in [6.45, 7) is 5.24. The Morgan fingerprint density at radius 1 is 1.47 bits per heavy atom. The van der Waals surface area contributed by atoms with Gasteiger partial charge in [-0.1, -0.05) is 11.4 Å². The molecule has 104 valence electrons. The molecule has 0 amide bonds. The van der Waals surface area contributed by atoms with E-state index in [2.05, 4.69) is 33.1 Å². The van der Waals surface area contributed by atoms with Crippen molar-refractivity contribution in [3.63, 3.8) is 0 Å². The second-order valence-corrected chi connectivity index (χ2v) is 5.58. The molecule has 1 N–H and O–H groups in total. The van der Waals surface area contributed by atoms with Crippen LogP contribution in [0, 0.1) is 6.92 Å². The van der Waals surface area contributed by atoms with Crippen molar-refractivity contribution in [3.8, 4) is 0 Å². The number of nitrogens with one attached hydrogen (secondary N) is 1. The van der Waals surface area contributed by atoms with Crippen molar-refractivity contribution in [2.75, 3.05) is 6.54 Å². The SMILES string of the molecule is CCCNC(CCc1cnn(C)c1)c1snnc1C. The summed E-state index contributed by atoms with van der Waals surface area (Å²) in [7, 11) is 1.95. The van der Waals surface area contributed by atoms with Crippen molar-refractivity contribution in [2.45, 2.75) is 39.2 Å². The van der Waals surface area contributed by atoms with Gasteiger partial charge in [0.25, 0.3) is 0 Å². The van der Waals surface area contributed by atoms with Crippen molar-refractivity contribution in [1.82, 2.24) is 24.7 Å². The molecule has 0 aliphatic carbocycles. The first kappa shape index (κ1) is 14.1. The van der Waals surface area contributed by atoms with Crippen molar-refractivity contribution in [1.29, 1.82) is 0 Å². The number of aromatic nitrogens is 4. The molecule has 0 spiro atoms. The first-order valence-electron chi connectivity index (χ1n) is 6.70. The number of rotatable bonds is 7. The second-order valence-electron chi connectivity index (χ2n) is 4.79. The molecule has 0 aromatic carbocycles. The lowest BCUT2D eigenvalue weighted by Gasteiger charge is -2.16. The van der Waals surface area contributed by atoms with Gasteiger partial charge in [-0.25, -0.2) is 0 Å². The first-order valence-corrected chi connectivity index (χ1v) is 7.47. The molecule has 0 radical (unpaired) electrons. The van der Waals surface area contributed by atoms with E-state index in [-0.39, 0.29) is 0 Å². The van der Waals surface area contributed by atoms with Crippen LogP contribution in [-0.2, 0) is 13.5 Å². The van der Waals surface area contributed by atoms with E-state index in [1.807, 2.05) is 24.9 Å². The average Bonchev–Trinajstić information content (AvgIpc) is 2.99. The summed E-state index contributed by atoms with van der Waals surface area (Å²) in [5.74, 6) is 0.